The van der Waals surface area contributed by atoms with E-state index in [4.69, 9.17) is 9.78 Å². The van der Waals surface area contributed by atoms with Gasteiger partial charge in [0.25, 0.3) is 0 Å². The smallest absolute Gasteiger partial charge is 0.341 e. The summed E-state index contributed by atoms with van der Waals surface area (Å²) >= 11 is 0. The highest BCUT2D eigenvalue weighted by Crippen LogP contribution is 2.35. The predicted molar refractivity (Wildman–Crippen MR) is 125 cm³/mol. The Balaban J connectivity index is 1.51. The molecule has 0 spiro atoms. The number of aryl methyl sites for hydroxylation is 2. The molecule has 3 aromatic rings. The third-order valence-corrected chi connectivity index (χ3v) is 6.62. The highest BCUT2D eigenvalue weighted by Gasteiger charge is 2.35. The van der Waals surface area contributed by atoms with Gasteiger partial charge in [0, 0.05) is 26.2 Å². The molecule has 1 fully saturated rings. The van der Waals surface area contributed by atoms with Crippen LogP contribution in [-0.4, -0.2) is 69.3 Å². The van der Waals surface area contributed by atoms with Crippen molar-refractivity contribution < 1.29 is 22.9 Å². The largest absolute Gasteiger partial charge is 0.416 e. The van der Waals surface area contributed by atoms with Gasteiger partial charge in [-0.3, -0.25) is 9.80 Å². The minimum atomic E-state index is -4.45. The van der Waals surface area contributed by atoms with Crippen LogP contribution in [0.1, 0.15) is 34.1 Å². The molecule has 0 aliphatic carbocycles. The van der Waals surface area contributed by atoms with Gasteiger partial charge in [0.2, 0.25) is 0 Å². The standard InChI is InChI=1S/C25H27F3N6O2/c1-17-5-3-6-18(2)22(17)34-24(29-30-31-34)23(19-7-4-8-20(15-19)25(26,27)28)33-12-10-32(11-13-33)16-21-9-14-35-36-21/h3-9,15,23H,10-14,16H2,1-2H3. The number of rotatable bonds is 6. The second kappa shape index (κ2) is 10.00. The second-order valence-corrected chi connectivity index (χ2v) is 9.07. The maximum atomic E-state index is 13.6. The van der Waals surface area contributed by atoms with E-state index < -0.39 is 17.8 Å². The van der Waals surface area contributed by atoms with E-state index >= 15 is 0 Å². The van der Waals surface area contributed by atoms with Gasteiger partial charge in [-0.25, -0.2) is 0 Å². The molecule has 0 bridgehead atoms. The molecule has 3 heterocycles. The summed E-state index contributed by atoms with van der Waals surface area (Å²) in [5.74, 6) is 1.26. The average Bonchev–Trinajstić information content (AvgIpc) is 3.53. The van der Waals surface area contributed by atoms with Gasteiger partial charge in [0.05, 0.1) is 23.8 Å². The van der Waals surface area contributed by atoms with E-state index in [1.165, 1.54) is 12.1 Å². The zero-order valence-electron chi connectivity index (χ0n) is 20.1. The topological polar surface area (TPSA) is 68.5 Å². The number of tetrazole rings is 1. The molecule has 1 unspecified atom stereocenters. The van der Waals surface area contributed by atoms with Gasteiger partial charge in [0.1, 0.15) is 6.61 Å². The summed E-state index contributed by atoms with van der Waals surface area (Å²) in [5.41, 5.74) is 2.58. The number of nitrogens with zero attached hydrogens (tertiary/aromatic N) is 6. The summed E-state index contributed by atoms with van der Waals surface area (Å²) in [5, 5.41) is 12.5. The number of hydrogen-bond acceptors (Lipinski definition) is 7. The van der Waals surface area contributed by atoms with Crippen molar-refractivity contribution in [1.29, 1.82) is 0 Å². The number of halogens is 3. The number of alkyl halides is 3. The lowest BCUT2D eigenvalue weighted by Gasteiger charge is -2.39. The van der Waals surface area contributed by atoms with Crippen molar-refractivity contribution >= 4 is 0 Å². The molecule has 1 aromatic heterocycles. The number of hydrogen-bond donors (Lipinski definition) is 0. The minimum Gasteiger partial charge on any atom is -0.341 e. The Morgan fingerprint density at radius 1 is 1.00 bits per heavy atom. The molecule has 1 atom stereocenters. The second-order valence-electron chi connectivity index (χ2n) is 9.07. The molecule has 2 aromatic carbocycles. The highest BCUT2D eigenvalue weighted by molar-refractivity contribution is 5.47. The van der Waals surface area contributed by atoms with Crippen LogP contribution in [-0.2, 0) is 16.0 Å². The Morgan fingerprint density at radius 2 is 1.72 bits per heavy atom. The van der Waals surface area contributed by atoms with Crippen LogP contribution in [0.2, 0.25) is 0 Å². The fourth-order valence-electron chi connectivity index (χ4n) is 4.83. The first-order valence-electron chi connectivity index (χ1n) is 11.8. The molecule has 11 heteroatoms. The normalized spacial score (nSPS) is 18.2. The van der Waals surface area contributed by atoms with Gasteiger partial charge in [-0.15, -0.1) is 5.10 Å². The monoisotopic (exact) mass is 500 g/mol. The van der Waals surface area contributed by atoms with Gasteiger partial charge in [-0.05, 0) is 59.2 Å². The molecule has 2 aliphatic heterocycles. The zero-order chi connectivity index (χ0) is 25.3. The molecule has 0 saturated carbocycles. The Kier molecular flexibility index (Phi) is 6.78. The molecular formula is C25H27F3N6O2. The van der Waals surface area contributed by atoms with Crippen molar-refractivity contribution in [2.24, 2.45) is 0 Å². The fraction of sp³-hybridized carbons (Fsp3) is 0.400. The van der Waals surface area contributed by atoms with Crippen molar-refractivity contribution in [1.82, 2.24) is 30.0 Å². The van der Waals surface area contributed by atoms with E-state index in [1.807, 2.05) is 38.1 Å². The van der Waals surface area contributed by atoms with Gasteiger partial charge in [0.15, 0.2) is 11.6 Å². The molecular weight excluding hydrogens is 473 g/mol. The Bertz CT molecular complexity index is 1230. The van der Waals surface area contributed by atoms with Crippen LogP contribution >= 0.6 is 0 Å². The lowest BCUT2D eigenvalue weighted by molar-refractivity contribution is -0.236. The van der Waals surface area contributed by atoms with Crippen LogP contribution in [0.5, 0.6) is 0 Å². The Labute approximate surface area is 206 Å². The van der Waals surface area contributed by atoms with Gasteiger partial charge >= 0.3 is 6.18 Å². The van der Waals surface area contributed by atoms with Crippen LogP contribution in [0.25, 0.3) is 5.69 Å². The van der Waals surface area contributed by atoms with E-state index in [2.05, 4.69) is 25.3 Å². The first kappa shape index (κ1) is 24.4. The fourth-order valence-corrected chi connectivity index (χ4v) is 4.83. The van der Waals surface area contributed by atoms with Crippen LogP contribution in [0.4, 0.5) is 13.2 Å². The van der Waals surface area contributed by atoms with E-state index in [1.54, 1.807) is 10.7 Å². The SMILES string of the molecule is Cc1cccc(C)c1-n1nnnc1C(c1cccc(C(F)(F)F)c1)N1CCN(CC2=CCOO2)CC1. The van der Waals surface area contributed by atoms with Crippen LogP contribution < -0.4 is 0 Å². The molecule has 36 heavy (non-hydrogen) atoms. The van der Waals surface area contributed by atoms with Gasteiger partial charge < -0.3 is 4.89 Å². The van der Waals surface area contributed by atoms with Gasteiger partial charge in [-0.2, -0.15) is 22.7 Å². The maximum Gasteiger partial charge on any atom is 0.416 e. The number of benzene rings is 2. The van der Waals surface area contributed by atoms with Crippen LogP contribution in [0.15, 0.2) is 54.3 Å². The minimum absolute atomic E-state index is 0.438. The van der Waals surface area contributed by atoms with E-state index in [9.17, 15) is 13.2 Å². The molecule has 8 nitrogen and oxygen atoms in total. The molecule has 0 N–H and O–H groups in total. The Morgan fingerprint density at radius 3 is 2.39 bits per heavy atom. The molecule has 0 radical (unpaired) electrons. The van der Waals surface area contributed by atoms with Crippen molar-refractivity contribution in [3.8, 4) is 5.69 Å². The summed E-state index contributed by atoms with van der Waals surface area (Å²) in [7, 11) is 0. The van der Waals surface area contributed by atoms with Crippen molar-refractivity contribution in [2.75, 3.05) is 39.3 Å². The van der Waals surface area contributed by atoms with Crippen molar-refractivity contribution in [2.45, 2.75) is 26.1 Å². The Hall–Kier alpha value is -3.28. The average molecular weight is 501 g/mol. The molecule has 0 amide bonds. The summed E-state index contributed by atoms with van der Waals surface area (Å²) in [6, 6.07) is 10.8. The number of piperazine rings is 1. The number of para-hydroxylation sites is 1. The highest BCUT2D eigenvalue weighted by atomic mass is 19.4. The van der Waals surface area contributed by atoms with Crippen molar-refractivity contribution in [3.05, 3.63) is 82.4 Å². The maximum absolute atomic E-state index is 13.6. The summed E-state index contributed by atoms with van der Waals surface area (Å²) in [6.45, 7) is 7.66. The predicted octanol–water partition coefficient (Wildman–Crippen LogP) is 3.85. The zero-order valence-corrected chi connectivity index (χ0v) is 20.1. The lowest BCUT2D eigenvalue weighted by Crippen LogP contribution is -2.48. The first-order valence-corrected chi connectivity index (χ1v) is 11.8. The summed E-state index contributed by atoms with van der Waals surface area (Å²) in [6.07, 6.45) is -2.55. The quantitative estimate of drug-likeness (QED) is 0.477. The molecule has 1 saturated heterocycles. The number of aromatic nitrogens is 4. The summed E-state index contributed by atoms with van der Waals surface area (Å²) in [4.78, 5) is 14.5. The lowest BCUT2D eigenvalue weighted by atomic mass is 10.00. The van der Waals surface area contributed by atoms with Crippen LogP contribution in [0, 0.1) is 13.8 Å². The van der Waals surface area contributed by atoms with Crippen LogP contribution in [0.3, 0.4) is 0 Å². The third kappa shape index (κ3) is 4.99. The van der Waals surface area contributed by atoms with E-state index in [0.29, 0.717) is 50.7 Å². The third-order valence-electron chi connectivity index (χ3n) is 6.62. The van der Waals surface area contributed by atoms with E-state index in [0.717, 1.165) is 28.6 Å². The molecule has 5 rings (SSSR count). The van der Waals surface area contributed by atoms with Crippen molar-refractivity contribution in [3.63, 3.8) is 0 Å². The van der Waals surface area contributed by atoms with Gasteiger partial charge in [-0.1, -0.05) is 30.3 Å². The first-order chi connectivity index (χ1) is 17.3. The molecule has 190 valence electrons. The molecule has 2 aliphatic rings. The van der Waals surface area contributed by atoms with E-state index in [-0.39, 0.29) is 0 Å². The summed E-state index contributed by atoms with van der Waals surface area (Å²) < 4.78 is 42.5.